The summed E-state index contributed by atoms with van der Waals surface area (Å²) in [5, 5.41) is 4.71. The number of hydrazone groups is 1. The average molecular weight is 339 g/mol. The summed E-state index contributed by atoms with van der Waals surface area (Å²) >= 11 is 6.19. The number of hydrogen-bond donors (Lipinski definition) is 1. The Bertz CT molecular complexity index is 887. The van der Waals surface area contributed by atoms with E-state index >= 15 is 0 Å². The van der Waals surface area contributed by atoms with Crippen LogP contribution in [0.15, 0.2) is 66.2 Å². The minimum atomic E-state index is -0.309. The fourth-order valence-corrected chi connectivity index (χ4v) is 2.36. The first-order valence-electron chi connectivity index (χ1n) is 7.32. The van der Waals surface area contributed by atoms with E-state index in [1.165, 1.54) is 6.20 Å². The Balaban J connectivity index is 1.76. The van der Waals surface area contributed by atoms with Crippen LogP contribution in [0.25, 0.3) is 5.69 Å². The van der Waals surface area contributed by atoms with Crippen molar-refractivity contribution in [2.45, 2.75) is 6.92 Å². The third-order valence-corrected chi connectivity index (χ3v) is 3.91. The number of hydrogen-bond acceptors (Lipinski definition) is 3. The van der Waals surface area contributed by atoms with Crippen LogP contribution in [0.4, 0.5) is 0 Å². The Kier molecular flexibility index (Phi) is 4.72. The number of amides is 1. The molecule has 6 heteroatoms. The Hall–Kier alpha value is -2.92. The summed E-state index contributed by atoms with van der Waals surface area (Å²) in [6.07, 6.45) is 6.59. The molecule has 5 nitrogen and oxygen atoms in total. The van der Waals surface area contributed by atoms with Crippen molar-refractivity contribution in [3.63, 3.8) is 0 Å². The predicted molar refractivity (Wildman–Crippen MR) is 94.8 cm³/mol. The van der Waals surface area contributed by atoms with Gasteiger partial charge in [0, 0.05) is 29.3 Å². The number of aromatic nitrogens is 2. The fourth-order valence-electron chi connectivity index (χ4n) is 2.18. The van der Waals surface area contributed by atoms with E-state index in [2.05, 4.69) is 15.5 Å². The molecule has 0 aliphatic heterocycles. The Morgan fingerprint density at radius 2 is 2.17 bits per heavy atom. The minimum Gasteiger partial charge on any atom is -0.316 e. The molecule has 0 bridgehead atoms. The van der Waals surface area contributed by atoms with E-state index in [4.69, 9.17) is 11.6 Å². The Morgan fingerprint density at radius 1 is 1.29 bits per heavy atom. The highest BCUT2D eigenvalue weighted by Crippen LogP contribution is 2.20. The molecule has 0 aliphatic rings. The van der Waals surface area contributed by atoms with Crippen molar-refractivity contribution >= 4 is 23.7 Å². The van der Waals surface area contributed by atoms with Gasteiger partial charge in [-0.2, -0.15) is 5.10 Å². The molecule has 2 heterocycles. The van der Waals surface area contributed by atoms with Crippen LogP contribution in [-0.2, 0) is 0 Å². The van der Waals surface area contributed by atoms with Gasteiger partial charge in [-0.25, -0.2) is 5.43 Å². The molecule has 0 saturated heterocycles. The molecule has 2 aromatic heterocycles. The molecule has 3 rings (SSSR count). The van der Waals surface area contributed by atoms with Crippen molar-refractivity contribution in [1.29, 1.82) is 0 Å². The van der Waals surface area contributed by atoms with Gasteiger partial charge < -0.3 is 4.57 Å². The van der Waals surface area contributed by atoms with Crippen LogP contribution in [0.1, 0.15) is 21.6 Å². The van der Waals surface area contributed by atoms with Gasteiger partial charge in [0.2, 0.25) is 0 Å². The molecule has 0 spiro atoms. The maximum absolute atomic E-state index is 11.9. The second-order valence-electron chi connectivity index (χ2n) is 5.18. The van der Waals surface area contributed by atoms with Crippen molar-refractivity contribution < 1.29 is 4.79 Å². The summed E-state index contributed by atoms with van der Waals surface area (Å²) in [6.45, 7) is 1.96. The summed E-state index contributed by atoms with van der Waals surface area (Å²) in [5.74, 6) is -0.309. The second kappa shape index (κ2) is 7.10. The fraction of sp³-hybridized carbons (Fsp3) is 0.0556. The van der Waals surface area contributed by atoms with Gasteiger partial charge in [0.25, 0.3) is 5.91 Å². The predicted octanol–water partition coefficient (Wildman–Crippen LogP) is 3.60. The molecule has 24 heavy (non-hydrogen) atoms. The molecule has 0 saturated carbocycles. The first-order chi connectivity index (χ1) is 11.6. The van der Waals surface area contributed by atoms with Crippen LogP contribution in [-0.4, -0.2) is 21.7 Å². The molecule has 1 amide bonds. The summed E-state index contributed by atoms with van der Waals surface area (Å²) < 4.78 is 1.94. The molecule has 0 aliphatic carbocycles. The van der Waals surface area contributed by atoms with Crippen molar-refractivity contribution in [3.05, 3.63) is 82.9 Å². The van der Waals surface area contributed by atoms with Gasteiger partial charge >= 0.3 is 0 Å². The molecule has 1 aromatic carbocycles. The highest BCUT2D eigenvalue weighted by Gasteiger charge is 2.05. The van der Waals surface area contributed by atoms with Crippen molar-refractivity contribution in [1.82, 2.24) is 15.0 Å². The average Bonchev–Trinajstić information content (AvgIpc) is 3.06. The lowest BCUT2D eigenvalue weighted by Gasteiger charge is -2.08. The number of benzene rings is 1. The molecular weight excluding hydrogens is 324 g/mol. The zero-order valence-corrected chi connectivity index (χ0v) is 13.7. The van der Waals surface area contributed by atoms with E-state index in [0.29, 0.717) is 10.6 Å². The van der Waals surface area contributed by atoms with Crippen LogP contribution in [0, 0.1) is 6.92 Å². The van der Waals surface area contributed by atoms with E-state index in [-0.39, 0.29) is 5.91 Å². The molecule has 3 aromatic rings. The van der Waals surface area contributed by atoms with Gasteiger partial charge in [0.1, 0.15) is 0 Å². The zero-order valence-electron chi connectivity index (χ0n) is 13.0. The van der Waals surface area contributed by atoms with E-state index in [9.17, 15) is 4.79 Å². The second-order valence-corrected chi connectivity index (χ2v) is 5.58. The first-order valence-corrected chi connectivity index (χ1v) is 7.70. The zero-order chi connectivity index (χ0) is 16.9. The van der Waals surface area contributed by atoms with Gasteiger partial charge in [-0.1, -0.05) is 17.7 Å². The highest BCUT2D eigenvalue weighted by molar-refractivity contribution is 6.31. The van der Waals surface area contributed by atoms with Gasteiger partial charge in [-0.3, -0.25) is 9.78 Å². The molecule has 0 radical (unpaired) electrons. The summed E-state index contributed by atoms with van der Waals surface area (Å²) in [5.41, 5.74) is 5.71. The van der Waals surface area contributed by atoms with Gasteiger partial charge in [0.05, 0.1) is 17.5 Å². The number of pyridine rings is 1. The summed E-state index contributed by atoms with van der Waals surface area (Å²) in [7, 11) is 0. The standard InChI is InChI=1S/C18H15ClN4O/c1-13-6-7-15(10-17(13)19)23-9-3-5-16(23)12-21-22-18(24)14-4-2-8-20-11-14/h2-12H,1H3,(H,22,24). The van der Waals surface area contributed by atoms with Crippen molar-refractivity contribution in [2.24, 2.45) is 5.10 Å². The molecule has 120 valence electrons. The van der Waals surface area contributed by atoms with E-state index in [1.54, 1.807) is 24.5 Å². The van der Waals surface area contributed by atoms with Crippen molar-refractivity contribution in [2.75, 3.05) is 0 Å². The summed E-state index contributed by atoms with van der Waals surface area (Å²) in [4.78, 5) is 15.8. The lowest BCUT2D eigenvalue weighted by molar-refractivity contribution is 0.0955. The first kappa shape index (κ1) is 16.0. The van der Waals surface area contributed by atoms with E-state index in [1.807, 2.05) is 48.0 Å². The van der Waals surface area contributed by atoms with Crippen molar-refractivity contribution in [3.8, 4) is 5.69 Å². The highest BCUT2D eigenvalue weighted by atomic mass is 35.5. The van der Waals surface area contributed by atoms with Crippen LogP contribution in [0.2, 0.25) is 5.02 Å². The number of halogens is 1. The minimum absolute atomic E-state index is 0.309. The van der Waals surface area contributed by atoms with Gasteiger partial charge in [0.15, 0.2) is 0 Å². The number of nitrogens with zero attached hydrogens (tertiary/aromatic N) is 3. The Labute approximate surface area is 144 Å². The smallest absolute Gasteiger partial charge is 0.272 e. The molecule has 1 N–H and O–H groups in total. The number of carbonyl (C=O) groups excluding carboxylic acids is 1. The number of nitrogens with one attached hydrogen (secondary N) is 1. The Morgan fingerprint density at radius 3 is 2.92 bits per heavy atom. The number of aryl methyl sites for hydroxylation is 1. The quantitative estimate of drug-likeness (QED) is 0.583. The largest absolute Gasteiger partial charge is 0.316 e. The van der Waals surface area contributed by atoms with E-state index < -0.39 is 0 Å². The van der Waals surface area contributed by atoms with Gasteiger partial charge in [-0.15, -0.1) is 0 Å². The number of carbonyl (C=O) groups is 1. The van der Waals surface area contributed by atoms with Crippen LogP contribution in [0.5, 0.6) is 0 Å². The SMILES string of the molecule is Cc1ccc(-n2cccc2C=NNC(=O)c2cccnc2)cc1Cl. The lowest BCUT2D eigenvalue weighted by Crippen LogP contribution is -2.17. The lowest BCUT2D eigenvalue weighted by atomic mass is 10.2. The molecule has 0 unspecified atom stereocenters. The maximum Gasteiger partial charge on any atom is 0.272 e. The van der Waals surface area contributed by atoms with Crippen LogP contribution >= 0.6 is 11.6 Å². The molecular formula is C18H15ClN4O. The normalized spacial score (nSPS) is 10.9. The summed E-state index contributed by atoms with van der Waals surface area (Å²) in [6, 6.07) is 13.0. The maximum atomic E-state index is 11.9. The van der Waals surface area contributed by atoms with Crippen LogP contribution in [0.3, 0.4) is 0 Å². The van der Waals surface area contributed by atoms with E-state index in [0.717, 1.165) is 16.9 Å². The third kappa shape index (κ3) is 3.52. The topological polar surface area (TPSA) is 59.3 Å². The molecule has 0 atom stereocenters. The van der Waals surface area contributed by atoms with Crippen LogP contribution < -0.4 is 5.43 Å². The van der Waals surface area contributed by atoms with Gasteiger partial charge in [-0.05, 0) is 48.9 Å². The monoisotopic (exact) mass is 338 g/mol. The molecule has 0 fully saturated rings. The third-order valence-electron chi connectivity index (χ3n) is 3.50. The number of rotatable bonds is 4.